The minimum atomic E-state index is -5.46. The van der Waals surface area contributed by atoms with Gasteiger partial charge in [-0.1, -0.05) is 0 Å². The van der Waals surface area contributed by atoms with Gasteiger partial charge >= 0.3 is 137 Å². The normalized spacial score (nSPS) is 10.5. The van der Waals surface area contributed by atoms with Crippen LogP contribution >= 0.6 is 23.5 Å². The van der Waals surface area contributed by atoms with Gasteiger partial charge in [-0.3, -0.25) is 0 Å². The van der Waals surface area contributed by atoms with E-state index in [0.29, 0.717) is 0 Å². The predicted molar refractivity (Wildman–Crippen MR) is 67.2 cm³/mol. The van der Waals surface area contributed by atoms with Crippen molar-refractivity contribution < 1.29 is 66.3 Å². The fourth-order valence-electron chi connectivity index (χ4n) is 0.284. The Morgan fingerprint density at radius 3 is 0.944 bits per heavy atom. The van der Waals surface area contributed by atoms with Crippen molar-refractivity contribution in [3.8, 4) is 0 Å². The summed E-state index contributed by atoms with van der Waals surface area (Å²) in [6.45, 7) is 0. The first-order chi connectivity index (χ1) is 5.41. The smallest absolute Gasteiger partial charge is 1.00 e. The van der Waals surface area contributed by atoms with Gasteiger partial charge in [-0.15, -0.1) is 0 Å². The molecule has 12 nitrogen and oxygen atoms in total. The third-order valence-corrected chi connectivity index (χ3v) is 3.77. The molecule has 0 aliphatic heterocycles. The van der Waals surface area contributed by atoms with Crippen LogP contribution in [0.15, 0.2) is 0 Å². The van der Waals surface area contributed by atoms with E-state index in [2.05, 4.69) is 8.62 Å². The average Bonchev–Trinajstić information content (AvgIpc) is 1.43. The van der Waals surface area contributed by atoms with Crippen molar-refractivity contribution in [2.75, 3.05) is 0 Å². The topological polar surface area (TPSA) is 234 Å². The molecule has 0 saturated heterocycles. The molecule has 0 aromatic heterocycles. The van der Waals surface area contributed by atoms with Crippen molar-refractivity contribution in [2.45, 2.75) is 0 Å². The van der Waals surface area contributed by atoms with Crippen LogP contribution in [-0.4, -0.2) is 149 Å². The molecule has 0 unspecified atom stereocenters. The molecule has 0 bridgehead atoms. The molecule has 0 aromatic carbocycles. The van der Waals surface area contributed by atoms with Crippen LogP contribution < -0.4 is 0 Å². The van der Waals surface area contributed by atoms with Gasteiger partial charge in [0.1, 0.15) is 0 Å². The van der Waals surface area contributed by atoms with E-state index in [0.717, 1.165) is 0 Å². The minimum Gasteiger partial charge on any atom is -1.00 e. The molecular formula is H15Ca3O12P3. The van der Waals surface area contributed by atoms with E-state index in [-0.39, 0.29) is 133 Å². The molecule has 0 aliphatic rings. The molecule has 9 N–H and O–H groups in total. The van der Waals surface area contributed by atoms with Crippen molar-refractivity contribution in [1.29, 1.82) is 0 Å². The van der Waals surface area contributed by atoms with Gasteiger partial charge < -0.3 is 44.0 Å². The number of phosphoric acid groups is 3. The molecule has 18 heavy (non-hydrogen) atoms. The van der Waals surface area contributed by atoms with E-state index in [1.165, 1.54) is 0 Å². The first-order valence-electron chi connectivity index (χ1n) is 2.28. The standard InChI is InChI=1S/3Ca.H5O10P3.2H2O.6H/c;;;1-11(2,3)9-13(7,8)10-12(4,5)6;;;;;;;;/h;;;(H,7,8)(H2,1,2,3)(H2,4,5,6);2*1H2;;;;;;/q3*+2;;;;6*-1. The Kier molecular flexibility index (Phi) is 31.0. The van der Waals surface area contributed by atoms with Gasteiger partial charge in [0.15, 0.2) is 0 Å². The Hall–Kier alpha value is 4.11. The molecule has 0 atom stereocenters. The maximum atomic E-state index is 10.4. The summed E-state index contributed by atoms with van der Waals surface area (Å²) < 4.78 is 36.4. The molecule has 0 heterocycles. The van der Waals surface area contributed by atoms with E-state index in [1.54, 1.807) is 0 Å². The summed E-state index contributed by atoms with van der Waals surface area (Å²) in [6, 6.07) is 0. The fraction of sp³-hybridized carbons (Fsp3) is 0. The maximum absolute atomic E-state index is 10.4. The van der Waals surface area contributed by atoms with Crippen LogP contribution in [0.3, 0.4) is 0 Å². The molecule has 108 valence electrons. The van der Waals surface area contributed by atoms with Crippen LogP contribution in [0.25, 0.3) is 0 Å². The van der Waals surface area contributed by atoms with Crippen molar-refractivity contribution in [2.24, 2.45) is 0 Å². The van der Waals surface area contributed by atoms with Gasteiger partial charge in [0, 0.05) is 0 Å². The fourth-order valence-corrected chi connectivity index (χ4v) is 2.82. The monoisotopic (exact) mass is 420 g/mol. The average molecular weight is 420 g/mol. The third kappa shape index (κ3) is 28.3. The Bertz CT molecular complexity index is 304. The summed E-state index contributed by atoms with van der Waals surface area (Å²) in [7, 11) is -16.2. The predicted octanol–water partition coefficient (Wildman–Crippen LogP) is -2.81. The summed E-state index contributed by atoms with van der Waals surface area (Å²) in [5.41, 5.74) is 0. The second kappa shape index (κ2) is 14.7. The molecule has 0 aromatic rings. The molecule has 0 aliphatic carbocycles. The van der Waals surface area contributed by atoms with E-state index >= 15 is 0 Å². The Morgan fingerprint density at radius 2 is 0.833 bits per heavy atom. The van der Waals surface area contributed by atoms with Crippen LogP contribution in [0, 0.1) is 0 Å². The van der Waals surface area contributed by atoms with Crippen molar-refractivity contribution in [3.05, 3.63) is 0 Å². The zero-order valence-electron chi connectivity index (χ0n) is 14.7. The first kappa shape index (κ1) is 38.0. The first-order valence-corrected chi connectivity index (χ1v) is 6.83. The Labute approximate surface area is 199 Å². The number of hydrogen-bond donors (Lipinski definition) is 5. The Morgan fingerprint density at radius 1 is 0.667 bits per heavy atom. The SMILES string of the molecule is O.O.O=P(O)(O)OP(=O)(O)OP(=O)(O)O.[Ca+2].[Ca+2].[Ca+2].[H-].[H-].[H-].[H-].[H-].[H-]. The van der Waals surface area contributed by atoms with E-state index in [9.17, 15) is 13.7 Å². The summed E-state index contributed by atoms with van der Waals surface area (Å²) in [4.78, 5) is 40.2. The maximum Gasteiger partial charge on any atom is 2.00 e. The van der Waals surface area contributed by atoms with Crippen molar-refractivity contribution in [1.82, 2.24) is 0 Å². The van der Waals surface area contributed by atoms with Gasteiger partial charge in [-0.25, -0.2) is 13.7 Å². The summed E-state index contributed by atoms with van der Waals surface area (Å²) in [5.74, 6) is 0. The van der Waals surface area contributed by atoms with Crippen LogP contribution in [0.1, 0.15) is 8.56 Å². The Balaban J connectivity index is -0.0000000131. The van der Waals surface area contributed by atoms with Gasteiger partial charge in [0.2, 0.25) is 0 Å². The second-order valence-electron chi connectivity index (χ2n) is 1.61. The van der Waals surface area contributed by atoms with Crippen LogP contribution in [0.4, 0.5) is 0 Å². The molecule has 0 radical (unpaired) electrons. The van der Waals surface area contributed by atoms with Gasteiger partial charge in [0.25, 0.3) is 0 Å². The van der Waals surface area contributed by atoms with Crippen LogP contribution in [0.2, 0.25) is 0 Å². The molecule has 0 amide bonds. The van der Waals surface area contributed by atoms with Crippen LogP contribution in [0.5, 0.6) is 0 Å². The van der Waals surface area contributed by atoms with E-state index < -0.39 is 23.5 Å². The molecule has 0 spiro atoms. The van der Waals surface area contributed by atoms with E-state index in [4.69, 9.17) is 24.5 Å². The molecular weight excluding hydrogens is 405 g/mol. The number of rotatable bonds is 4. The van der Waals surface area contributed by atoms with Gasteiger partial charge in [-0.2, -0.15) is 8.62 Å². The van der Waals surface area contributed by atoms with Crippen molar-refractivity contribution >= 4 is 137 Å². The summed E-state index contributed by atoms with van der Waals surface area (Å²) in [6.07, 6.45) is 0. The summed E-state index contributed by atoms with van der Waals surface area (Å²) >= 11 is 0. The minimum absolute atomic E-state index is 0. The van der Waals surface area contributed by atoms with Crippen molar-refractivity contribution in [3.63, 3.8) is 0 Å². The zero-order chi connectivity index (χ0) is 10.9. The summed E-state index contributed by atoms with van der Waals surface area (Å²) in [5, 5.41) is 0. The van der Waals surface area contributed by atoms with Crippen LogP contribution in [-0.2, 0) is 22.3 Å². The molecule has 0 rings (SSSR count). The zero-order valence-corrected chi connectivity index (χ0v) is 18.0. The third-order valence-electron chi connectivity index (χ3n) is 0.419. The molecule has 18 heteroatoms. The quantitative estimate of drug-likeness (QED) is 0.231. The molecule has 0 fully saturated rings. The van der Waals surface area contributed by atoms with Gasteiger partial charge in [-0.05, 0) is 0 Å². The largest absolute Gasteiger partial charge is 2.00 e. The van der Waals surface area contributed by atoms with E-state index in [1.807, 2.05) is 0 Å². The second-order valence-corrected chi connectivity index (χ2v) is 5.82. The molecule has 0 saturated carbocycles. The van der Waals surface area contributed by atoms with Gasteiger partial charge in [0.05, 0.1) is 0 Å². The number of hydrogen-bond acceptors (Lipinski definition) is 5.